The molecule has 10 heteroatoms. The first kappa shape index (κ1) is 25.1. The van der Waals surface area contributed by atoms with Crippen LogP contribution in [0, 0.1) is 13.8 Å². The number of hydrogen-bond donors (Lipinski definition) is 1. The molecule has 0 spiro atoms. The molecule has 1 amide bonds. The summed E-state index contributed by atoms with van der Waals surface area (Å²) in [6, 6.07) is 11.9. The Morgan fingerprint density at radius 3 is 2.44 bits per heavy atom. The van der Waals surface area contributed by atoms with Crippen LogP contribution in [0.15, 0.2) is 42.5 Å². The van der Waals surface area contributed by atoms with Gasteiger partial charge < -0.3 is 19.5 Å². The molecule has 1 heterocycles. The first-order chi connectivity index (χ1) is 16.1. The summed E-state index contributed by atoms with van der Waals surface area (Å²) < 4.78 is 53.9. The van der Waals surface area contributed by atoms with E-state index in [0.29, 0.717) is 40.6 Å². The van der Waals surface area contributed by atoms with E-state index in [9.17, 15) is 18.0 Å². The number of halogens is 3. The smallest absolute Gasteiger partial charge is 0.411 e. The number of hydrogen-bond acceptors (Lipinski definition) is 5. The largest absolute Gasteiger partial charge is 0.493 e. The summed E-state index contributed by atoms with van der Waals surface area (Å²) in [5.74, 6) is 0.835. The molecule has 1 aromatic heterocycles. The summed E-state index contributed by atoms with van der Waals surface area (Å²) >= 11 is 0. The van der Waals surface area contributed by atoms with Crippen LogP contribution in [0.1, 0.15) is 32.9 Å². The summed E-state index contributed by atoms with van der Waals surface area (Å²) in [4.78, 5) is 12.8. The van der Waals surface area contributed by atoms with Crippen LogP contribution in [0.2, 0.25) is 0 Å². The van der Waals surface area contributed by atoms with Gasteiger partial charge in [0.2, 0.25) is 0 Å². The average Bonchev–Trinajstić information content (AvgIpc) is 3.05. The quantitative estimate of drug-likeness (QED) is 0.475. The number of aryl methyl sites for hydroxylation is 1. The highest BCUT2D eigenvalue weighted by Gasteiger charge is 2.27. The highest BCUT2D eigenvalue weighted by molar-refractivity contribution is 6.05. The van der Waals surface area contributed by atoms with Gasteiger partial charge in [-0.15, -0.1) is 0 Å². The Bertz CT molecular complexity index is 1160. The van der Waals surface area contributed by atoms with Crippen molar-refractivity contribution in [1.29, 1.82) is 0 Å². The van der Waals surface area contributed by atoms with E-state index in [0.717, 1.165) is 11.3 Å². The lowest BCUT2D eigenvalue weighted by molar-refractivity contribution is -0.176. The zero-order valence-corrected chi connectivity index (χ0v) is 19.3. The Morgan fingerprint density at radius 1 is 1.03 bits per heavy atom. The number of anilines is 1. The fourth-order valence-electron chi connectivity index (χ4n) is 3.46. The molecule has 0 saturated carbocycles. The number of nitrogens with zero attached hydrogens (tertiary/aromatic N) is 2. The van der Waals surface area contributed by atoms with Crippen molar-refractivity contribution in [2.75, 3.05) is 26.1 Å². The molecule has 0 fully saturated rings. The minimum Gasteiger partial charge on any atom is -0.493 e. The second-order valence-electron chi connectivity index (χ2n) is 7.66. The van der Waals surface area contributed by atoms with Crippen LogP contribution in [0.3, 0.4) is 0 Å². The van der Waals surface area contributed by atoms with E-state index in [1.165, 1.54) is 6.07 Å². The number of ether oxygens (including phenoxy) is 3. The van der Waals surface area contributed by atoms with Gasteiger partial charge in [0.05, 0.1) is 44.4 Å². The highest BCUT2D eigenvalue weighted by Crippen LogP contribution is 2.29. The van der Waals surface area contributed by atoms with Crippen molar-refractivity contribution < 1.29 is 32.2 Å². The van der Waals surface area contributed by atoms with Gasteiger partial charge in [-0.1, -0.05) is 18.2 Å². The van der Waals surface area contributed by atoms with Gasteiger partial charge in [-0.05, 0) is 49.2 Å². The SMILES string of the molecule is COc1ccc(Cn2nc(C)c(NC(=O)c3cccc(COCC(F)(F)F)c3)c2C)cc1OC. The predicted molar refractivity (Wildman–Crippen MR) is 120 cm³/mol. The van der Waals surface area contributed by atoms with Crippen molar-refractivity contribution in [3.63, 3.8) is 0 Å². The van der Waals surface area contributed by atoms with Gasteiger partial charge in [0, 0.05) is 5.56 Å². The number of carbonyl (C=O) groups excluding carboxylic acids is 1. The monoisotopic (exact) mass is 477 g/mol. The van der Waals surface area contributed by atoms with E-state index in [4.69, 9.17) is 9.47 Å². The van der Waals surface area contributed by atoms with Gasteiger partial charge in [-0.3, -0.25) is 9.48 Å². The zero-order chi connectivity index (χ0) is 24.9. The first-order valence-corrected chi connectivity index (χ1v) is 10.4. The van der Waals surface area contributed by atoms with Crippen molar-refractivity contribution >= 4 is 11.6 Å². The van der Waals surface area contributed by atoms with Gasteiger partial charge in [0.25, 0.3) is 5.91 Å². The molecule has 1 N–H and O–H groups in total. The summed E-state index contributed by atoms with van der Waals surface area (Å²) in [5.41, 5.74) is 3.67. The summed E-state index contributed by atoms with van der Waals surface area (Å²) in [5, 5.41) is 7.40. The third-order valence-corrected chi connectivity index (χ3v) is 5.12. The molecule has 0 bridgehead atoms. The molecule has 3 aromatic rings. The normalized spacial score (nSPS) is 11.4. The third-order valence-electron chi connectivity index (χ3n) is 5.12. The van der Waals surface area contributed by atoms with Crippen molar-refractivity contribution in [3.8, 4) is 11.5 Å². The van der Waals surface area contributed by atoms with Crippen LogP contribution in [-0.2, 0) is 17.9 Å². The van der Waals surface area contributed by atoms with Crippen molar-refractivity contribution in [1.82, 2.24) is 9.78 Å². The van der Waals surface area contributed by atoms with Gasteiger partial charge in [0.1, 0.15) is 6.61 Å². The molecule has 34 heavy (non-hydrogen) atoms. The lowest BCUT2D eigenvalue weighted by Crippen LogP contribution is -2.17. The van der Waals surface area contributed by atoms with Crippen molar-refractivity contribution in [2.24, 2.45) is 0 Å². The third kappa shape index (κ3) is 6.28. The molecule has 0 radical (unpaired) electrons. The molecule has 2 aromatic carbocycles. The van der Waals surface area contributed by atoms with Crippen LogP contribution < -0.4 is 14.8 Å². The van der Waals surface area contributed by atoms with Crippen molar-refractivity contribution in [2.45, 2.75) is 33.2 Å². The van der Waals surface area contributed by atoms with Gasteiger partial charge >= 0.3 is 6.18 Å². The number of alkyl halides is 3. The van der Waals surface area contributed by atoms with Gasteiger partial charge in [0.15, 0.2) is 11.5 Å². The molecule has 0 aliphatic rings. The topological polar surface area (TPSA) is 74.6 Å². The zero-order valence-electron chi connectivity index (χ0n) is 19.3. The van der Waals surface area contributed by atoms with Crippen LogP contribution in [0.25, 0.3) is 0 Å². The Balaban J connectivity index is 1.72. The van der Waals surface area contributed by atoms with E-state index >= 15 is 0 Å². The molecular formula is C24H26F3N3O4. The predicted octanol–water partition coefficient (Wildman–Crippen LogP) is 4.90. The Labute approximate surface area is 195 Å². The molecule has 7 nitrogen and oxygen atoms in total. The molecule has 0 aliphatic heterocycles. The van der Waals surface area contributed by atoms with Crippen LogP contribution in [0.4, 0.5) is 18.9 Å². The summed E-state index contributed by atoms with van der Waals surface area (Å²) in [6.07, 6.45) is -4.40. The molecule has 0 unspecified atom stereocenters. The van der Waals surface area contributed by atoms with E-state index in [2.05, 4.69) is 15.2 Å². The second kappa shape index (κ2) is 10.6. The second-order valence-corrected chi connectivity index (χ2v) is 7.66. The molecule has 0 atom stereocenters. The number of benzene rings is 2. The van der Waals surface area contributed by atoms with Gasteiger partial charge in [-0.25, -0.2) is 0 Å². The molecule has 182 valence electrons. The van der Waals surface area contributed by atoms with Crippen LogP contribution in [-0.4, -0.2) is 42.7 Å². The fourth-order valence-corrected chi connectivity index (χ4v) is 3.46. The maximum Gasteiger partial charge on any atom is 0.411 e. The minimum absolute atomic E-state index is 0.248. The maximum absolute atomic E-state index is 12.8. The summed E-state index contributed by atoms with van der Waals surface area (Å²) in [6.45, 7) is 2.49. The van der Waals surface area contributed by atoms with Crippen LogP contribution in [0.5, 0.6) is 11.5 Å². The number of amides is 1. The van der Waals surface area contributed by atoms with E-state index in [1.54, 1.807) is 44.0 Å². The van der Waals surface area contributed by atoms with Crippen LogP contribution >= 0.6 is 0 Å². The van der Waals surface area contributed by atoms with Gasteiger partial charge in [-0.2, -0.15) is 18.3 Å². The molecular weight excluding hydrogens is 451 g/mol. The lowest BCUT2D eigenvalue weighted by Gasteiger charge is -2.11. The Kier molecular flexibility index (Phi) is 7.83. The van der Waals surface area contributed by atoms with E-state index < -0.39 is 18.7 Å². The highest BCUT2D eigenvalue weighted by atomic mass is 19.4. The molecule has 0 aliphatic carbocycles. The Morgan fingerprint density at radius 2 is 1.76 bits per heavy atom. The molecule has 0 saturated heterocycles. The standard InChI is InChI=1S/C24H26F3N3O4/c1-15-22(16(2)30(29-15)12-17-8-9-20(32-3)21(11-17)33-4)28-23(31)19-7-5-6-18(10-19)13-34-14-24(25,26)27/h5-11H,12-14H2,1-4H3,(H,28,31). The van der Waals surface area contributed by atoms with Crippen molar-refractivity contribution in [3.05, 3.63) is 70.5 Å². The summed E-state index contributed by atoms with van der Waals surface area (Å²) in [7, 11) is 3.13. The number of carbonyl (C=O) groups is 1. The number of aromatic nitrogens is 2. The number of nitrogens with one attached hydrogen (secondary N) is 1. The maximum atomic E-state index is 12.8. The first-order valence-electron chi connectivity index (χ1n) is 10.4. The lowest BCUT2D eigenvalue weighted by atomic mass is 10.1. The average molecular weight is 477 g/mol. The van der Waals surface area contributed by atoms with E-state index in [-0.39, 0.29) is 6.61 Å². The Hall–Kier alpha value is -3.53. The minimum atomic E-state index is -4.40. The molecule has 3 rings (SSSR count). The number of rotatable bonds is 9. The number of methoxy groups -OCH3 is 2. The van der Waals surface area contributed by atoms with E-state index in [1.807, 2.05) is 25.1 Å². The fraction of sp³-hybridized carbons (Fsp3) is 0.333.